The van der Waals surface area contributed by atoms with Crippen molar-refractivity contribution in [2.75, 3.05) is 36.8 Å². The first kappa shape index (κ1) is 31.8. The number of carboxylic acid groups (broad SMARTS) is 2. The predicted octanol–water partition coefficient (Wildman–Crippen LogP) is 4.91. The van der Waals surface area contributed by atoms with Crippen LogP contribution in [0.15, 0.2) is 54.7 Å². The summed E-state index contributed by atoms with van der Waals surface area (Å²) in [6.45, 7) is 1.21. The third-order valence-electron chi connectivity index (χ3n) is 6.04. The summed E-state index contributed by atoms with van der Waals surface area (Å²) in [7, 11) is 0. The minimum atomic E-state index is -1.15. The van der Waals surface area contributed by atoms with Crippen LogP contribution in [0.5, 0.6) is 11.5 Å². The number of ether oxygens (including phenoxy) is 1. The Bertz CT molecular complexity index is 1700. The topological polar surface area (TPSA) is 170 Å². The molecule has 230 valence electrons. The summed E-state index contributed by atoms with van der Waals surface area (Å²) in [6.07, 6.45) is 1.79. The molecule has 44 heavy (non-hydrogen) atoms. The first-order chi connectivity index (χ1) is 21.0. The van der Waals surface area contributed by atoms with Gasteiger partial charge in [0.15, 0.2) is 0 Å². The fourth-order valence-corrected chi connectivity index (χ4v) is 5.08. The van der Waals surface area contributed by atoms with Crippen molar-refractivity contribution in [3.05, 3.63) is 76.8 Å². The number of thiophene rings is 1. The maximum atomic E-state index is 14.8. The molecule has 2 heterocycles. The van der Waals surface area contributed by atoms with E-state index in [1.165, 1.54) is 35.4 Å². The van der Waals surface area contributed by atoms with Gasteiger partial charge in [-0.05, 0) is 49.2 Å². The van der Waals surface area contributed by atoms with Gasteiger partial charge in [0.05, 0.1) is 39.6 Å². The minimum absolute atomic E-state index is 0.0494. The molecule has 0 unspecified atom stereocenters. The van der Waals surface area contributed by atoms with E-state index >= 15 is 0 Å². The smallest absolute Gasteiger partial charge is 0.323 e. The standard InChI is InChI=1S/C29H27F2N5O7S/c1-16-3-5-18(30)21(11-16)35-29(42)34-20-6-4-17(12-19(20)31)43-23-7-9-32-22-13-24(44-27(22)23)28(41)33-8-2-10-36(14-25(37)38)15-26(39)40/h3-7,9,11-13H,2,8,10,14-15H2,1H3,(H,33,41)(H,37,38)(H,39,40)(H2,34,35,42). The van der Waals surface area contributed by atoms with E-state index in [-0.39, 0.29) is 30.2 Å². The second kappa shape index (κ2) is 14.3. The van der Waals surface area contributed by atoms with Crippen LogP contribution in [0, 0.1) is 18.6 Å². The number of carboxylic acids is 2. The number of hydrogen-bond acceptors (Lipinski definition) is 8. The number of aliphatic carboxylic acids is 2. The summed E-state index contributed by atoms with van der Waals surface area (Å²) in [5.41, 5.74) is 0.984. The first-order valence-electron chi connectivity index (χ1n) is 13.1. The van der Waals surface area contributed by atoms with Gasteiger partial charge >= 0.3 is 18.0 Å². The molecule has 0 fully saturated rings. The molecule has 0 atom stereocenters. The monoisotopic (exact) mass is 627 g/mol. The van der Waals surface area contributed by atoms with Crippen LogP contribution >= 0.6 is 11.3 Å². The Kier molecular flexibility index (Phi) is 10.4. The van der Waals surface area contributed by atoms with E-state index in [4.69, 9.17) is 14.9 Å². The summed E-state index contributed by atoms with van der Waals surface area (Å²) in [5, 5.41) is 25.2. The molecule has 0 bridgehead atoms. The molecule has 4 aromatic rings. The summed E-state index contributed by atoms with van der Waals surface area (Å²) in [5.74, 6) is -3.73. The number of aryl methyl sites for hydroxylation is 1. The van der Waals surface area contributed by atoms with E-state index < -0.39 is 48.6 Å². The van der Waals surface area contributed by atoms with Crippen LogP contribution in [0.3, 0.4) is 0 Å². The van der Waals surface area contributed by atoms with Crippen molar-refractivity contribution >= 4 is 56.8 Å². The van der Waals surface area contributed by atoms with E-state index in [1.807, 2.05) is 0 Å². The van der Waals surface area contributed by atoms with Crippen LogP contribution in [0.1, 0.15) is 21.7 Å². The highest BCUT2D eigenvalue weighted by Crippen LogP contribution is 2.35. The Balaban J connectivity index is 1.37. The van der Waals surface area contributed by atoms with Gasteiger partial charge in [-0.15, -0.1) is 11.3 Å². The van der Waals surface area contributed by atoms with Crippen LogP contribution < -0.4 is 20.7 Å². The average molecular weight is 628 g/mol. The molecule has 4 rings (SSSR count). The molecule has 2 aromatic heterocycles. The van der Waals surface area contributed by atoms with E-state index in [2.05, 4.69) is 20.9 Å². The number of hydrogen-bond donors (Lipinski definition) is 5. The lowest BCUT2D eigenvalue weighted by Gasteiger charge is -2.17. The second-order valence-electron chi connectivity index (χ2n) is 9.55. The number of fused-ring (bicyclic) bond motifs is 1. The molecule has 0 aliphatic rings. The lowest BCUT2D eigenvalue weighted by Crippen LogP contribution is -2.36. The van der Waals surface area contributed by atoms with E-state index in [9.17, 15) is 28.0 Å². The zero-order chi connectivity index (χ0) is 31.8. The van der Waals surface area contributed by atoms with Crippen LogP contribution in [0.25, 0.3) is 10.2 Å². The van der Waals surface area contributed by atoms with Crippen LogP contribution in [-0.4, -0.2) is 70.2 Å². The Morgan fingerprint density at radius 1 is 0.932 bits per heavy atom. The van der Waals surface area contributed by atoms with Crippen LogP contribution in [0.4, 0.5) is 25.0 Å². The molecular weight excluding hydrogens is 600 g/mol. The molecule has 0 spiro atoms. The summed E-state index contributed by atoms with van der Waals surface area (Å²) >= 11 is 1.10. The molecule has 5 N–H and O–H groups in total. The molecule has 0 saturated heterocycles. The SMILES string of the molecule is Cc1ccc(F)c(NC(=O)Nc2ccc(Oc3ccnc4cc(C(=O)NCCCN(CC(=O)O)CC(=O)O)sc34)cc2F)c1. The maximum absolute atomic E-state index is 14.8. The number of aromatic nitrogens is 1. The van der Waals surface area contributed by atoms with Crippen molar-refractivity contribution < 1.29 is 42.9 Å². The van der Waals surface area contributed by atoms with Crippen molar-refractivity contribution in [2.24, 2.45) is 0 Å². The predicted molar refractivity (Wildman–Crippen MR) is 159 cm³/mol. The van der Waals surface area contributed by atoms with E-state index in [1.54, 1.807) is 25.1 Å². The third kappa shape index (κ3) is 8.68. The van der Waals surface area contributed by atoms with Gasteiger partial charge in [-0.1, -0.05) is 6.07 Å². The number of carbonyl (C=O) groups excluding carboxylic acids is 2. The molecule has 0 aliphatic heterocycles. The largest absolute Gasteiger partial charge is 0.480 e. The zero-order valence-corrected chi connectivity index (χ0v) is 24.0. The molecule has 3 amide bonds. The van der Waals surface area contributed by atoms with Gasteiger partial charge in [0.2, 0.25) is 0 Å². The quantitative estimate of drug-likeness (QED) is 0.129. The van der Waals surface area contributed by atoms with Crippen molar-refractivity contribution in [1.29, 1.82) is 0 Å². The number of carbonyl (C=O) groups is 4. The number of benzene rings is 2. The van der Waals surface area contributed by atoms with Crippen LogP contribution in [0.2, 0.25) is 0 Å². The highest BCUT2D eigenvalue weighted by Gasteiger charge is 2.17. The molecule has 0 saturated carbocycles. The minimum Gasteiger partial charge on any atom is -0.480 e. The third-order valence-corrected chi connectivity index (χ3v) is 7.18. The molecule has 12 nitrogen and oxygen atoms in total. The average Bonchev–Trinajstić information content (AvgIpc) is 3.39. The molecule has 2 aromatic carbocycles. The highest BCUT2D eigenvalue weighted by molar-refractivity contribution is 7.21. The molecule has 0 radical (unpaired) electrons. The Morgan fingerprint density at radius 3 is 2.36 bits per heavy atom. The molecular formula is C29H27F2N5O7S. The number of nitrogens with one attached hydrogen (secondary N) is 3. The number of pyridine rings is 1. The Labute approximate surface area is 253 Å². The van der Waals surface area contributed by atoms with E-state index in [0.29, 0.717) is 27.3 Å². The van der Waals surface area contributed by atoms with Gasteiger partial charge in [-0.3, -0.25) is 24.3 Å². The van der Waals surface area contributed by atoms with Crippen molar-refractivity contribution in [3.63, 3.8) is 0 Å². The van der Waals surface area contributed by atoms with Gasteiger partial charge in [0.1, 0.15) is 23.1 Å². The molecule has 15 heteroatoms. The fourth-order valence-electron chi connectivity index (χ4n) is 4.09. The molecule has 0 aliphatic carbocycles. The number of anilines is 2. The van der Waals surface area contributed by atoms with Gasteiger partial charge in [0.25, 0.3) is 5.91 Å². The fraction of sp³-hybridized carbons (Fsp3) is 0.207. The summed E-state index contributed by atoms with van der Waals surface area (Å²) < 4.78 is 35.1. The number of halogens is 2. The van der Waals surface area contributed by atoms with Gasteiger partial charge in [0, 0.05) is 31.4 Å². The summed E-state index contributed by atoms with van der Waals surface area (Å²) in [6, 6.07) is 10.3. The van der Waals surface area contributed by atoms with Crippen molar-refractivity contribution in [3.8, 4) is 11.5 Å². The summed E-state index contributed by atoms with van der Waals surface area (Å²) in [4.78, 5) is 52.7. The number of nitrogens with zero attached hydrogens (tertiary/aromatic N) is 2. The van der Waals surface area contributed by atoms with Gasteiger partial charge in [-0.2, -0.15) is 0 Å². The number of rotatable bonds is 13. The van der Waals surface area contributed by atoms with Gasteiger partial charge < -0.3 is 30.9 Å². The van der Waals surface area contributed by atoms with Gasteiger partial charge in [-0.25, -0.2) is 13.6 Å². The Hall–Kier alpha value is -5.15. The highest BCUT2D eigenvalue weighted by atomic mass is 32.1. The maximum Gasteiger partial charge on any atom is 0.323 e. The van der Waals surface area contributed by atoms with Crippen molar-refractivity contribution in [1.82, 2.24) is 15.2 Å². The number of urea groups is 1. The normalized spacial score (nSPS) is 10.9. The lowest BCUT2D eigenvalue weighted by atomic mass is 10.2. The Morgan fingerprint density at radius 2 is 1.66 bits per heavy atom. The zero-order valence-electron chi connectivity index (χ0n) is 23.2. The second-order valence-corrected chi connectivity index (χ2v) is 10.6. The first-order valence-corrected chi connectivity index (χ1v) is 13.9. The van der Waals surface area contributed by atoms with E-state index in [0.717, 1.165) is 23.0 Å². The van der Waals surface area contributed by atoms with Crippen LogP contribution in [-0.2, 0) is 9.59 Å². The lowest BCUT2D eigenvalue weighted by molar-refractivity contribution is -0.141. The number of amides is 3. The van der Waals surface area contributed by atoms with Crippen molar-refractivity contribution in [2.45, 2.75) is 13.3 Å².